The lowest BCUT2D eigenvalue weighted by Crippen LogP contribution is -2.40. The van der Waals surface area contributed by atoms with Gasteiger partial charge >= 0.3 is 0 Å². The van der Waals surface area contributed by atoms with Gasteiger partial charge in [0.05, 0.1) is 21.9 Å². The number of nitrogens with one attached hydrogen (secondary N) is 2. The molecular formula is C20H25N3O2S2. The maximum atomic E-state index is 12.5. The van der Waals surface area contributed by atoms with Crippen molar-refractivity contribution in [3.63, 3.8) is 0 Å². The molecule has 1 amide bonds. The molecule has 1 aromatic heterocycles. The van der Waals surface area contributed by atoms with Gasteiger partial charge in [0.1, 0.15) is 11.2 Å². The minimum Gasteiger partial charge on any atom is -0.497 e. The molecule has 0 saturated carbocycles. The van der Waals surface area contributed by atoms with Gasteiger partial charge in [0.2, 0.25) is 0 Å². The molecule has 0 bridgehead atoms. The van der Waals surface area contributed by atoms with Crippen molar-refractivity contribution >= 4 is 34.7 Å². The number of fused-ring (bicyclic) bond motifs is 1. The number of thioether (sulfide) groups is 1. The first-order chi connectivity index (χ1) is 13.2. The molecule has 1 aromatic carbocycles. The SMILES string of the molecule is COc1ccc(CCNC(=O)c2cc3c(s2)SC(N2CCCCC2)N3)cc1. The van der Waals surface area contributed by atoms with Crippen LogP contribution in [0.4, 0.5) is 5.69 Å². The summed E-state index contributed by atoms with van der Waals surface area (Å²) >= 11 is 3.44. The van der Waals surface area contributed by atoms with E-state index in [4.69, 9.17) is 4.74 Å². The Bertz CT molecular complexity index is 762. The zero-order chi connectivity index (χ0) is 18.6. The summed E-state index contributed by atoms with van der Waals surface area (Å²) in [6.07, 6.45) is 4.73. The second kappa shape index (κ2) is 8.54. The van der Waals surface area contributed by atoms with Gasteiger partial charge in [-0.3, -0.25) is 9.69 Å². The number of carbonyl (C=O) groups is 1. The van der Waals surface area contributed by atoms with Gasteiger partial charge < -0.3 is 15.4 Å². The molecule has 1 saturated heterocycles. The van der Waals surface area contributed by atoms with E-state index in [0.29, 0.717) is 12.0 Å². The van der Waals surface area contributed by atoms with Crippen LogP contribution in [0.3, 0.4) is 0 Å². The fourth-order valence-electron chi connectivity index (χ4n) is 3.46. The van der Waals surface area contributed by atoms with Crippen molar-refractivity contribution in [2.45, 2.75) is 35.4 Å². The third-order valence-corrected chi connectivity index (χ3v) is 7.54. The summed E-state index contributed by atoms with van der Waals surface area (Å²) in [6.45, 7) is 2.96. The molecular weight excluding hydrogens is 378 g/mol. The number of carbonyl (C=O) groups excluding carboxylic acids is 1. The van der Waals surface area contributed by atoms with E-state index in [1.54, 1.807) is 18.4 Å². The van der Waals surface area contributed by atoms with Gasteiger partial charge in [0, 0.05) is 19.6 Å². The Morgan fingerprint density at radius 1 is 1.26 bits per heavy atom. The number of methoxy groups -OCH3 is 1. The predicted octanol–water partition coefficient (Wildman–Crippen LogP) is 4.02. The first kappa shape index (κ1) is 18.7. The minimum absolute atomic E-state index is 0.0137. The van der Waals surface area contributed by atoms with E-state index in [0.717, 1.165) is 35.8 Å². The van der Waals surface area contributed by atoms with E-state index in [1.165, 1.54) is 29.0 Å². The summed E-state index contributed by atoms with van der Waals surface area (Å²) in [5.41, 5.74) is 2.63. The number of hydrogen-bond donors (Lipinski definition) is 2. The lowest BCUT2D eigenvalue weighted by atomic mass is 10.1. The molecule has 1 unspecified atom stereocenters. The molecule has 1 atom stereocenters. The van der Waals surface area contributed by atoms with E-state index in [2.05, 4.69) is 15.5 Å². The number of nitrogens with zero attached hydrogens (tertiary/aromatic N) is 1. The highest BCUT2D eigenvalue weighted by molar-refractivity contribution is 8.02. The number of thiophene rings is 1. The van der Waals surface area contributed by atoms with Crippen LogP contribution in [0.2, 0.25) is 0 Å². The maximum absolute atomic E-state index is 12.5. The third-order valence-electron chi connectivity index (χ3n) is 5.00. The topological polar surface area (TPSA) is 53.6 Å². The van der Waals surface area contributed by atoms with Gasteiger partial charge in [-0.25, -0.2) is 0 Å². The Hall–Kier alpha value is -1.70. The number of benzene rings is 1. The Morgan fingerprint density at radius 3 is 2.74 bits per heavy atom. The summed E-state index contributed by atoms with van der Waals surface area (Å²) in [7, 11) is 1.66. The predicted molar refractivity (Wildman–Crippen MR) is 112 cm³/mol. The summed E-state index contributed by atoms with van der Waals surface area (Å²) in [6, 6.07) is 9.96. The van der Waals surface area contributed by atoms with Crippen LogP contribution in [0.15, 0.2) is 34.5 Å². The van der Waals surface area contributed by atoms with Crippen LogP contribution in [-0.4, -0.2) is 43.0 Å². The maximum Gasteiger partial charge on any atom is 0.261 e. The Labute approximate surface area is 168 Å². The number of piperidine rings is 1. The molecule has 2 aromatic rings. The monoisotopic (exact) mass is 403 g/mol. The molecule has 7 heteroatoms. The fraction of sp³-hybridized carbons (Fsp3) is 0.450. The number of likely N-dealkylation sites (tertiary alicyclic amines) is 1. The molecule has 27 heavy (non-hydrogen) atoms. The van der Waals surface area contributed by atoms with Gasteiger partial charge in [-0.05, 0) is 43.0 Å². The van der Waals surface area contributed by atoms with Gasteiger partial charge in [0.25, 0.3) is 5.91 Å². The summed E-state index contributed by atoms with van der Waals surface area (Å²) in [4.78, 5) is 15.7. The molecule has 2 N–H and O–H groups in total. The lowest BCUT2D eigenvalue weighted by molar-refractivity contribution is 0.0958. The van der Waals surface area contributed by atoms with Crippen LogP contribution in [0.25, 0.3) is 0 Å². The van der Waals surface area contributed by atoms with E-state index in [9.17, 15) is 4.79 Å². The van der Waals surface area contributed by atoms with Crippen LogP contribution in [0.1, 0.15) is 34.5 Å². The van der Waals surface area contributed by atoms with Crippen molar-refractivity contribution in [1.29, 1.82) is 0 Å². The number of hydrogen-bond acceptors (Lipinski definition) is 6. The zero-order valence-corrected chi connectivity index (χ0v) is 17.1. The van der Waals surface area contributed by atoms with Gasteiger partial charge in [-0.2, -0.15) is 0 Å². The van der Waals surface area contributed by atoms with Crippen molar-refractivity contribution in [2.75, 3.05) is 32.1 Å². The van der Waals surface area contributed by atoms with Gasteiger partial charge in [0.15, 0.2) is 0 Å². The highest BCUT2D eigenvalue weighted by atomic mass is 32.2. The molecule has 2 aliphatic rings. The van der Waals surface area contributed by atoms with E-state index < -0.39 is 0 Å². The quantitative estimate of drug-likeness (QED) is 0.763. The highest BCUT2D eigenvalue weighted by Crippen LogP contribution is 2.45. The van der Waals surface area contributed by atoms with Gasteiger partial charge in [-0.15, -0.1) is 11.3 Å². The van der Waals surface area contributed by atoms with Gasteiger partial charge in [-0.1, -0.05) is 30.3 Å². The molecule has 0 spiro atoms. The van der Waals surface area contributed by atoms with Crippen LogP contribution < -0.4 is 15.4 Å². The normalized spacial score (nSPS) is 19.4. The Kier molecular flexibility index (Phi) is 5.90. The average molecular weight is 404 g/mol. The van der Waals surface area contributed by atoms with E-state index >= 15 is 0 Å². The highest BCUT2D eigenvalue weighted by Gasteiger charge is 2.30. The molecule has 5 nitrogen and oxygen atoms in total. The molecule has 2 aliphatic heterocycles. The third kappa shape index (κ3) is 4.42. The van der Waals surface area contributed by atoms with E-state index in [1.807, 2.05) is 42.1 Å². The molecule has 144 valence electrons. The van der Waals surface area contributed by atoms with Crippen LogP contribution in [0, 0.1) is 0 Å². The Balaban J connectivity index is 1.27. The lowest BCUT2D eigenvalue weighted by Gasteiger charge is -2.31. The van der Waals surface area contributed by atoms with Crippen molar-refractivity contribution in [3.05, 3.63) is 40.8 Å². The Morgan fingerprint density at radius 2 is 2.04 bits per heavy atom. The molecule has 1 fully saturated rings. The molecule has 3 heterocycles. The van der Waals surface area contributed by atoms with Crippen molar-refractivity contribution < 1.29 is 9.53 Å². The first-order valence-electron chi connectivity index (χ1n) is 9.45. The standard InChI is InChI=1S/C20H25N3O2S2/c1-25-15-7-5-14(6-8-15)9-10-21-18(24)17-13-16-19(26-17)27-20(22-16)23-11-3-2-4-12-23/h5-8,13,20,22H,2-4,9-12H2,1H3,(H,21,24). The summed E-state index contributed by atoms with van der Waals surface area (Å²) < 4.78 is 6.39. The van der Waals surface area contributed by atoms with Crippen molar-refractivity contribution in [2.24, 2.45) is 0 Å². The second-order valence-corrected chi connectivity index (χ2v) is 9.28. The molecule has 0 radical (unpaired) electrons. The van der Waals surface area contributed by atoms with Crippen LogP contribution in [0.5, 0.6) is 5.75 Å². The van der Waals surface area contributed by atoms with E-state index in [-0.39, 0.29) is 5.91 Å². The first-order valence-corrected chi connectivity index (χ1v) is 11.1. The largest absolute Gasteiger partial charge is 0.497 e. The molecule has 0 aliphatic carbocycles. The minimum atomic E-state index is 0.0137. The van der Waals surface area contributed by atoms with Crippen LogP contribution >= 0.6 is 23.1 Å². The second-order valence-electron chi connectivity index (χ2n) is 6.88. The molecule has 4 rings (SSSR count). The van der Waals surface area contributed by atoms with Crippen molar-refractivity contribution in [1.82, 2.24) is 10.2 Å². The number of rotatable bonds is 6. The van der Waals surface area contributed by atoms with Crippen LogP contribution in [-0.2, 0) is 6.42 Å². The smallest absolute Gasteiger partial charge is 0.261 e. The summed E-state index contributed by atoms with van der Waals surface area (Å²) in [5.74, 6) is 0.864. The average Bonchev–Trinajstić information content (AvgIpc) is 3.28. The summed E-state index contributed by atoms with van der Waals surface area (Å²) in [5, 5.41) is 6.61. The zero-order valence-electron chi connectivity index (χ0n) is 15.5. The fourth-order valence-corrected chi connectivity index (χ4v) is 5.95. The van der Waals surface area contributed by atoms with Crippen molar-refractivity contribution in [3.8, 4) is 5.75 Å². The number of anilines is 1. The number of ether oxygens (including phenoxy) is 1. The number of amides is 1.